The molecule has 2 aromatic rings. The van der Waals surface area contributed by atoms with Crippen LogP contribution in [0.5, 0.6) is 5.75 Å². The average Bonchev–Trinajstić information content (AvgIpc) is 2.64. The summed E-state index contributed by atoms with van der Waals surface area (Å²) in [6.45, 7) is 5.73. The summed E-state index contributed by atoms with van der Waals surface area (Å²) in [7, 11) is 0. The van der Waals surface area contributed by atoms with Crippen molar-refractivity contribution in [2.24, 2.45) is 0 Å². The van der Waals surface area contributed by atoms with Crippen molar-refractivity contribution in [3.8, 4) is 5.75 Å². The molecule has 0 fully saturated rings. The van der Waals surface area contributed by atoms with Gasteiger partial charge >= 0.3 is 6.16 Å². The van der Waals surface area contributed by atoms with Crippen LogP contribution in [-0.4, -0.2) is 24.5 Å². The largest absolute Gasteiger partial charge is 0.511 e. The minimum atomic E-state index is -0.792. The number of fused-ring (bicyclic) bond motifs is 1. The molecule has 0 aliphatic rings. The van der Waals surface area contributed by atoms with Gasteiger partial charge in [-0.1, -0.05) is 32.6 Å². The van der Waals surface area contributed by atoms with Gasteiger partial charge in [-0.3, -0.25) is 4.98 Å². The molecule has 0 N–H and O–H groups in total. The summed E-state index contributed by atoms with van der Waals surface area (Å²) in [5.74, 6) is 0.162. The van der Waals surface area contributed by atoms with Crippen LogP contribution in [-0.2, 0) is 15.9 Å². The maximum absolute atomic E-state index is 13.8. The Labute approximate surface area is 159 Å². The zero-order chi connectivity index (χ0) is 19.6. The zero-order valence-corrected chi connectivity index (χ0v) is 16.3. The fraction of sp³-hybridized carbons (Fsp3) is 0.524. The Kier molecular flexibility index (Phi) is 8.30. The molecule has 148 valence electrons. The van der Waals surface area contributed by atoms with Crippen molar-refractivity contribution in [2.45, 2.75) is 59.3 Å². The van der Waals surface area contributed by atoms with Crippen molar-refractivity contribution in [2.75, 3.05) is 13.4 Å². The molecule has 0 bridgehead atoms. The highest BCUT2D eigenvalue weighted by atomic mass is 19.1. The Bertz CT molecular complexity index is 763. The van der Waals surface area contributed by atoms with E-state index in [-0.39, 0.29) is 19.2 Å². The molecule has 0 atom stereocenters. The first kappa shape index (κ1) is 20.9. The van der Waals surface area contributed by atoms with Crippen LogP contribution in [0.1, 0.15) is 57.2 Å². The lowest BCUT2D eigenvalue weighted by Crippen LogP contribution is -2.13. The molecule has 27 heavy (non-hydrogen) atoms. The van der Waals surface area contributed by atoms with E-state index in [0.717, 1.165) is 30.5 Å². The van der Waals surface area contributed by atoms with Gasteiger partial charge < -0.3 is 14.2 Å². The number of carbonyl (C=O) groups is 1. The minimum Gasteiger partial charge on any atom is -0.456 e. The minimum absolute atomic E-state index is 0.227. The molecule has 1 heterocycles. The van der Waals surface area contributed by atoms with Crippen LogP contribution < -0.4 is 4.74 Å². The number of hydrogen-bond donors (Lipinski definition) is 0. The van der Waals surface area contributed by atoms with E-state index in [4.69, 9.17) is 14.2 Å². The van der Waals surface area contributed by atoms with Crippen molar-refractivity contribution >= 4 is 17.1 Å². The molecule has 5 nitrogen and oxygen atoms in total. The zero-order valence-electron chi connectivity index (χ0n) is 16.3. The Morgan fingerprint density at radius 1 is 1.11 bits per heavy atom. The third-order valence-corrected chi connectivity index (χ3v) is 4.37. The smallest absolute Gasteiger partial charge is 0.456 e. The van der Waals surface area contributed by atoms with Crippen molar-refractivity contribution in [3.05, 3.63) is 35.3 Å². The number of benzene rings is 1. The van der Waals surface area contributed by atoms with E-state index in [9.17, 15) is 9.18 Å². The predicted molar refractivity (Wildman–Crippen MR) is 103 cm³/mol. The lowest BCUT2D eigenvalue weighted by atomic mass is 10.0. The van der Waals surface area contributed by atoms with Crippen LogP contribution in [0.3, 0.4) is 0 Å². The number of halogens is 1. The van der Waals surface area contributed by atoms with Crippen LogP contribution >= 0.6 is 0 Å². The molecule has 0 aliphatic carbocycles. The van der Waals surface area contributed by atoms with E-state index < -0.39 is 6.16 Å². The topological polar surface area (TPSA) is 57.7 Å². The number of rotatable bonds is 10. The predicted octanol–water partition coefficient (Wildman–Crippen LogP) is 5.70. The van der Waals surface area contributed by atoms with Gasteiger partial charge in [0.05, 0.1) is 12.1 Å². The second-order valence-corrected chi connectivity index (χ2v) is 6.42. The van der Waals surface area contributed by atoms with Gasteiger partial charge in [-0.15, -0.1) is 0 Å². The molecule has 0 saturated heterocycles. The first-order valence-electron chi connectivity index (χ1n) is 9.57. The molecule has 2 rings (SSSR count). The molecule has 1 aromatic carbocycles. The van der Waals surface area contributed by atoms with Crippen molar-refractivity contribution in [1.82, 2.24) is 4.98 Å². The maximum Gasteiger partial charge on any atom is 0.511 e. The molecular weight excluding hydrogens is 349 g/mol. The molecule has 6 heteroatoms. The summed E-state index contributed by atoms with van der Waals surface area (Å²) in [5.41, 5.74) is 2.42. The van der Waals surface area contributed by atoms with Gasteiger partial charge in [-0.05, 0) is 44.9 Å². The Hall–Kier alpha value is -2.37. The second kappa shape index (κ2) is 10.7. The lowest BCUT2D eigenvalue weighted by molar-refractivity contribution is 0.00703. The van der Waals surface area contributed by atoms with Crippen molar-refractivity contribution in [3.63, 3.8) is 0 Å². The summed E-state index contributed by atoms with van der Waals surface area (Å²) >= 11 is 0. The maximum atomic E-state index is 13.8. The summed E-state index contributed by atoms with van der Waals surface area (Å²) in [6.07, 6.45) is 5.70. The van der Waals surface area contributed by atoms with Gasteiger partial charge in [-0.25, -0.2) is 9.18 Å². The second-order valence-electron chi connectivity index (χ2n) is 6.42. The van der Waals surface area contributed by atoms with Gasteiger partial charge in [0.15, 0.2) is 0 Å². The number of ether oxygens (including phenoxy) is 3. The molecule has 0 radical (unpaired) electrons. The summed E-state index contributed by atoms with van der Waals surface area (Å²) in [6, 6.07) is 4.40. The molecule has 1 aromatic heterocycles. The fourth-order valence-corrected chi connectivity index (χ4v) is 3.02. The molecule has 0 unspecified atom stereocenters. The van der Waals surface area contributed by atoms with E-state index in [0.29, 0.717) is 16.7 Å². The SMILES string of the molecule is CCCCCCCc1c(C)nc2ccc(F)cc2c1OCOC(=O)OCC. The summed E-state index contributed by atoms with van der Waals surface area (Å²) < 4.78 is 29.2. The van der Waals surface area contributed by atoms with Crippen molar-refractivity contribution in [1.29, 1.82) is 0 Å². The van der Waals surface area contributed by atoms with Gasteiger partial charge in [0, 0.05) is 16.6 Å². The Morgan fingerprint density at radius 3 is 2.63 bits per heavy atom. The highest BCUT2D eigenvalue weighted by molar-refractivity contribution is 5.87. The van der Waals surface area contributed by atoms with E-state index in [1.54, 1.807) is 13.0 Å². The van der Waals surface area contributed by atoms with E-state index in [1.807, 2.05) is 6.92 Å². The molecule has 0 aliphatic heterocycles. The van der Waals surface area contributed by atoms with Crippen LogP contribution in [0.25, 0.3) is 10.9 Å². The Balaban J connectivity index is 2.22. The molecule has 0 spiro atoms. The third kappa shape index (κ3) is 6.08. The monoisotopic (exact) mass is 377 g/mol. The first-order chi connectivity index (χ1) is 13.1. The van der Waals surface area contributed by atoms with Crippen LogP contribution in [0, 0.1) is 12.7 Å². The van der Waals surface area contributed by atoms with E-state index in [2.05, 4.69) is 11.9 Å². The Morgan fingerprint density at radius 2 is 1.89 bits per heavy atom. The standard InChI is InChI=1S/C21H28FNO4/c1-4-6-7-8-9-10-17-15(3)23-19-12-11-16(22)13-18(19)20(17)26-14-27-21(24)25-5-2/h11-13H,4-10,14H2,1-3H3. The van der Waals surface area contributed by atoms with Gasteiger partial charge in [0.2, 0.25) is 6.79 Å². The van der Waals surface area contributed by atoms with E-state index in [1.165, 1.54) is 31.4 Å². The fourth-order valence-electron chi connectivity index (χ4n) is 3.02. The lowest BCUT2D eigenvalue weighted by Gasteiger charge is -2.16. The van der Waals surface area contributed by atoms with Crippen LogP contribution in [0.4, 0.5) is 9.18 Å². The molecule has 0 amide bonds. The first-order valence-corrected chi connectivity index (χ1v) is 9.57. The average molecular weight is 377 g/mol. The molecular formula is C21H28FNO4. The number of aromatic nitrogens is 1. The third-order valence-electron chi connectivity index (χ3n) is 4.37. The van der Waals surface area contributed by atoms with Crippen molar-refractivity contribution < 1.29 is 23.4 Å². The summed E-state index contributed by atoms with van der Waals surface area (Å²) in [4.78, 5) is 16.0. The van der Waals surface area contributed by atoms with Crippen LogP contribution in [0.2, 0.25) is 0 Å². The number of aryl methyl sites for hydroxylation is 1. The van der Waals surface area contributed by atoms with Gasteiger partial charge in [0.25, 0.3) is 0 Å². The van der Waals surface area contributed by atoms with Crippen LogP contribution in [0.15, 0.2) is 18.2 Å². The number of carbonyl (C=O) groups excluding carboxylic acids is 1. The van der Waals surface area contributed by atoms with E-state index >= 15 is 0 Å². The number of nitrogens with zero attached hydrogens (tertiary/aromatic N) is 1. The highest BCUT2D eigenvalue weighted by Gasteiger charge is 2.16. The number of unbranched alkanes of at least 4 members (excludes halogenated alkanes) is 4. The number of pyridine rings is 1. The normalized spacial score (nSPS) is 10.8. The van der Waals surface area contributed by atoms with Gasteiger partial charge in [-0.2, -0.15) is 0 Å². The summed E-state index contributed by atoms with van der Waals surface area (Å²) in [5, 5.41) is 0.580. The molecule has 0 saturated carbocycles. The van der Waals surface area contributed by atoms with Gasteiger partial charge in [0.1, 0.15) is 11.6 Å². The number of hydrogen-bond acceptors (Lipinski definition) is 5. The highest BCUT2D eigenvalue weighted by Crippen LogP contribution is 2.32. The quantitative estimate of drug-likeness (QED) is 0.302.